The minimum absolute atomic E-state index is 0.0627. The molecule has 33 heavy (non-hydrogen) atoms. The number of para-hydroxylation sites is 1. The van der Waals surface area contributed by atoms with Gasteiger partial charge in [0.05, 0.1) is 17.8 Å². The number of benzene rings is 2. The van der Waals surface area contributed by atoms with Gasteiger partial charge in [0.15, 0.2) is 5.82 Å². The molecule has 3 aromatic heterocycles. The number of halogens is 1. The number of carbonyl (C=O) groups is 1. The van der Waals surface area contributed by atoms with Gasteiger partial charge < -0.3 is 4.90 Å². The smallest absolute Gasteiger partial charge is 0.291 e. The lowest BCUT2D eigenvalue weighted by Gasteiger charge is -2.17. The van der Waals surface area contributed by atoms with Crippen LogP contribution in [0.4, 0.5) is 10.1 Å². The molecule has 0 unspecified atom stereocenters. The molecule has 0 bridgehead atoms. The second kappa shape index (κ2) is 7.42. The van der Waals surface area contributed by atoms with Gasteiger partial charge in [-0.15, -0.1) is 5.10 Å². The minimum Gasteiger partial charge on any atom is -0.303 e. The number of thiazole rings is 1. The first-order valence-corrected chi connectivity index (χ1v) is 10.9. The van der Waals surface area contributed by atoms with Crippen LogP contribution < -0.4 is 15.0 Å². The Labute approximate surface area is 190 Å². The lowest BCUT2D eigenvalue weighted by atomic mass is 10.1. The van der Waals surface area contributed by atoms with Crippen molar-refractivity contribution in [3.63, 3.8) is 0 Å². The summed E-state index contributed by atoms with van der Waals surface area (Å²) in [5.74, 6) is -0.324. The Balaban J connectivity index is 1.51. The van der Waals surface area contributed by atoms with E-state index in [1.54, 1.807) is 54.9 Å². The molecule has 5 aromatic rings. The zero-order valence-electron chi connectivity index (χ0n) is 17.0. The van der Waals surface area contributed by atoms with Crippen molar-refractivity contribution < 1.29 is 9.18 Å². The number of hydrogen-bond donors (Lipinski definition) is 0. The Bertz CT molecular complexity index is 1660. The molecule has 0 fully saturated rings. The van der Waals surface area contributed by atoms with Crippen molar-refractivity contribution in [2.45, 2.75) is 6.54 Å². The number of anilines is 1. The summed E-state index contributed by atoms with van der Waals surface area (Å²) in [6.07, 6.45) is 3.25. The summed E-state index contributed by atoms with van der Waals surface area (Å²) >= 11 is 1.12. The summed E-state index contributed by atoms with van der Waals surface area (Å²) in [7, 11) is 0. The van der Waals surface area contributed by atoms with Gasteiger partial charge in [0.25, 0.3) is 11.5 Å². The molecule has 160 valence electrons. The summed E-state index contributed by atoms with van der Waals surface area (Å²) in [6, 6.07) is 17.1. The molecular weight excluding hydrogens is 441 g/mol. The largest absolute Gasteiger partial charge is 0.303 e. The van der Waals surface area contributed by atoms with E-state index in [9.17, 15) is 14.0 Å². The quantitative estimate of drug-likeness (QED) is 0.418. The number of amides is 1. The molecule has 0 aliphatic carbocycles. The molecule has 2 aromatic carbocycles. The molecule has 0 saturated carbocycles. The maximum atomic E-state index is 14.3. The van der Waals surface area contributed by atoms with E-state index in [4.69, 9.17) is 0 Å². The van der Waals surface area contributed by atoms with Crippen LogP contribution in [0.5, 0.6) is 0 Å². The fraction of sp³-hybridized carbons (Fsp3) is 0.0417. The van der Waals surface area contributed by atoms with E-state index in [1.807, 2.05) is 12.1 Å². The molecular formula is C24H14FN5O2S. The fourth-order valence-electron chi connectivity index (χ4n) is 3.96. The molecule has 9 heteroatoms. The van der Waals surface area contributed by atoms with E-state index in [0.717, 1.165) is 16.9 Å². The highest BCUT2D eigenvalue weighted by Crippen LogP contribution is 2.36. The van der Waals surface area contributed by atoms with Crippen molar-refractivity contribution >= 4 is 33.5 Å². The van der Waals surface area contributed by atoms with Crippen molar-refractivity contribution in [2.24, 2.45) is 0 Å². The van der Waals surface area contributed by atoms with Gasteiger partial charge in [-0.1, -0.05) is 47.7 Å². The normalized spacial score (nSPS) is 14.8. The Hall–Kier alpha value is -4.24. The predicted molar refractivity (Wildman–Crippen MR) is 122 cm³/mol. The summed E-state index contributed by atoms with van der Waals surface area (Å²) < 4.78 is 15.8. The van der Waals surface area contributed by atoms with Gasteiger partial charge in [0.2, 0.25) is 4.96 Å². The van der Waals surface area contributed by atoms with E-state index >= 15 is 0 Å². The van der Waals surface area contributed by atoms with Crippen LogP contribution >= 0.6 is 11.3 Å². The maximum Gasteiger partial charge on any atom is 0.291 e. The van der Waals surface area contributed by atoms with Crippen molar-refractivity contribution in [3.05, 3.63) is 105 Å². The SMILES string of the molecule is O=C1/C(=c2\sc3nc(-c4ccncc4)nn3c2=O)c2ccccc2N1Cc1ccccc1F. The Kier molecular flexibility index (Phi) is 4.37. The third-order valence-electron chi connectivity index (χ3n) is 5.53. The zero-order valence-corrected chi connectivity index (χ0v) is 17.8. The average molecular weight is 455 g/mol. The number of pyridine rings is 1. The van der Waals surface area contributed by atoms with Gasteiger partial charge in [0.1, 0.15) is 10.3 Å². The lowest BCUT2D eigenvalue weighted by molar-refractivity contribution is -0.113. The average Bonchev–Trinajstić information content (AvgIpc) is 3.47. The van der Waals surface area contributed by atoms with E-state index in [-0.39, 0.29) is 28.4 Å². The first-order valence-electron chi connectivity index (χ1n) is 10.1. The second-order valence-electron chi connectivity index (χ2n) is 7.48. The zero-order chi connectivity index (χ0) is 22.5. The summed E-state index contributed by atoms with van der Waals surface area (Å²) in [5, 5.41) is 4.34. The van der Waals surface area contributed by atoms with Crippen molar-refractivity contribution in [1.82, 2.24) is 19.6 Å². The third-order valence-corrected chi connectivity index (χ3v) is 6.56. The third kappa shape index (κ3) is 3.05. The molecule has 1 amide bonds. The number of fused-ring (bicyclic) bond motifs is 2. The van der Waals surface area contributed by atoms with Gasteiger partial charge in [-0.3, -0.25) is 14.6 Å². The van der Waals surface area contributed by atoms with Crippen LogP contribution in [0, 0.1) is 5.82 Å². The Morgan fingerprint density at radius 1 is 0.939 bits per heavy atom. The van der Waals surface area contributed by atoms with Crippen molar-refractivity contribution in [2.75, 3.05) is 4.90 Å². The predicted octanol–water partition coefficient (Wildman–Crippen LogP) is 2.82. The highest BCUT2D eigenvalue weighted by molar-refractivity contribution is 7.15. The van der Waals surface area contributed by atoms with Crippen LogP contribution in [0.3, 0.4) is 0 Å². The van der Waals surface area contributed by atoms with Gasteiger partial charge >= 0.3 is 0 Å². The number of carbonyl (C=O) groups excluding carboxylic acids is 1. The van der Waals surface area contributed by atoms with Crippen LogP contribution in [0.25, 0.3) is 21.9 Å². The monoisotopic (exact) mass is 455 g/mol. The number of hydrogen-bond acceptors (Lipinski definition) is 6. The van der Waals surface area contributed by atoms with E-state index in [1.165, 1.54) is 15.5 Å². The highest BCUT2D eigenvalue weighted by Gasteiger charge is 2.34. The fourth-order valence-corrected chi connectivity index (χ4v) is 4.96. The Morgan fingerprint density at radius 3 is 2.48 bits per heavy atom. The molecule has 0 saturated heterocycles. The van der Waals surface area contributed by atoms with Gasteiger partial charge in [-0.25, -0.2) is 4.39 Å². The first kappa shape index (κ1) is 19.4. The summed E-state index contributed by atoms with van der Waals surface area (Å²) in [4.78, 5) is 37.1. The topological polar surface area (TPSA) is 80.5 Å². The molecule has 0 atom stereocenters. The molecule has 1 aliphatic heterocycles. The minimum atomic E-state index is -0.409. The second-order valence-corrected chi connectivity index (χ2v) is 8.45. The van der Waals surface area contributed by atoms with Gasteiger partial charge in [-0.05, 0) is 24.3 Å². The molecule has 4 heterocycles. The molecule has 0 spiro atoms. The number of aromatic nitrogens is 4. The van der Waals surface area contributed by atoms with Crippen molar-refractivity contribution in [1.29, 1.82) is 0 Å². The lowest BCUT2D eigenvalue weighted by Crippen LogP contribution is -2.32. The van der Waals surface area contributed by atoms with Crippen LogP contribution in [0.2, 0.25) is 0 Å². The summed E-state index contributed by atoms with van der Waals surface area (Å²) in [6.45, 7) is 0.0627. The molecule has 1 aliphatic rings. The molecule has 7 nitrogen and oxygen atoms in total. The number of rotatable bonds is 3. The highest BCUT2D eigenvalue weighted by atomic mass is 32.1. The van der Waals surface area contributed by atoms with E-state index in [2.05, 4.69) is 15.1 Å². The molecule has 0 N–H and O–H groups in total. The van der Waals surface area contributed by atoms with E-state index < -0.39 is 5.56 Å². The first-order chi connectivity index (χ1) is 16.1. The van der Waals surface area contributed by atoms with Crippen LogP contribution in [-0.4, -0.2) is 25.5 Å². The van der Waals surface area contributed by atoms with Gasteiger partial charge in [0, 0.05) is 29.1 Å². The van der Waals surface area contributed by atoms with Crippen molar-refractivity contribution in [3.8, 4) is 11.4 Å². The standard InChI is InChI=1S/C24H14FN5O2S/c25-17-7-3-1-5-15(17)13-29-18-8-4-2-6-16(18)19(22(29)31)20-23(32)30-24(33-20)27-21(28-30)14-9-11-26-12-10-14/h1-12H,13H2/b20-19-. The van der Waals surface area contributed by atoms with Crippen LogP contribution in [0.1, 0.15) is 11.1 Å². The Morgan fingerprint density at radius 2 is 1.70 bits per heavy atom. The molecule has 6 rings (SSSR count). The van der Waals surface area contributed by atoms with Crippen LogP contribution in [-0.2, 0) is 11.3 Å². The van der Waals surface area contributed by atoms with E-state index in [0.29, 0.717) is 27.6 Å². The van der Waals surface area contributed by atoms with Crippen LogP contribution in [0.15, 0.2) is 77.9 Å². The maximum absolute atomic E-state index is 14.3. The summed E-state index contributed by atoms with van der Waals surface area (Å²) in [5.41, 5.74) is 2.29. The molecule has 0 radical (unpaired) electrons. The number of nitrogens with zero attached hydrogens (tertiary/aromatic N) is 5. The van der Waals surface area contributed by atoms with Gasteiger partial charge in [-0.2, -0.15) is 9.50 Å².